The van der Waals surface area contributed by atoms with Crippen LogP contribution in [0.2, 0.25) is 0 Å². The summed E-state index contributed by atoms with van der Waals surface area (Å²) in [6.45, 7) is 5.06. The van der Waals surface area contributed by atoms with E-state index >= 15 is 0 Å². The van der Waals surface area contributed by atoms with Crippen LogP contribution >= 0.6 is 0 Å². The average Bonchev–Trinajstić information content (AvgIpc) is 3.13. The second kappa shape index (κ2) is 9.29. The maximum atomic E-state index is 13.1. The molecule has 33 heavy (non-hydrogen) atoms. The maximum Gasteiger partial charge on any atom is 0.302 e. The number of benzene rings is 2. The van der Waals surface area contributed by atoms with Gasteiger partial charge in [0.25, 0.3) is 5.91 Å². The van der Waals surface area contributed by atoms with Crippen LogP contribution in [-0.4, -0.2) is 41.6 Å². The number of amides is 1. The minimum absolute atomic E-state index is 0.0125. The van der Waals surface area contributed by atoms with Crippen molar-refractivity contribution in [1.82, 2.24) is 10.00 Å². The number of carbonyl (C=O) groups excluding carboxylic acids is 2. The van der Waals surface area contributed by atoms with E-state index in [0.29, 0.717) is 43.2 Å². The molecule has 0 atom stereocenters. The molecule has 1 fully saturated rings. The Balaban J connectivity index is 1.49. The number of nitrogens with one attached hydrogen (secondary N) is 1. The SMILES string of the molecule is CC(=O)OCCc1c[n+](C)[nH]c1-c1cc(C(=O)N2CC(c3ccc(C#N)cc3)C2)ccc1C. The normalized spacial score (nSPS) is 13.3. The Hall–Kier alpha value is -3.92. The first-order valence-corrected chi connectivity index (χ1v) is 11.0. The Labute approximate surface area is 193 Å². The summed E-state index contributed by atoms with van der Waals surface area (Å²) in [5, 5.41) is 12.3. The van der Waals surface area contributed by atoms with Gasteiger partial charge in [-0.2, -0.15) is 10.4 Å². The Morgan fingerprint density at radius 2 is 1.94 bits per heavy atom. The lowest BCUT2D eigenvalue weighted by Gasteiger charge is -2.39. The third-order valence-corrected chi connectivity index (χ3v) is 6.07. The lowest BCUT2D eigenvalue weighted by atomic mass is 9.90. The summed E-state index contributed by atoms with van der Waals surface area (Å²) in [5.41, 5.74) is 6.41. The highest BCUT2D eigenvalue weighted by Crippen LogP contribution is 2.31. The lowest BCUT2D eigenvalue weighted by Crippen LogP contribution is -2.48. The van der Waals surface area contributed by atoms with E-state index in [4.69, 9.17) is 10.00 Å². The highest BCUT2D eigenvalue weighted by Gasteiger charge is 2.32. The van der Waals surface area contributed by atoms with Crippen LogP contribution in [0.15, 0.2) is 48.7 Å². The minimum atomic E-state index is -0.297. The van der Waals surface area contributed by atoms with E-state index in [1.165, 1.54) is 6.92 Å². The molecular formula is C26H27N4O3+. The average molecular weight is 444 g/mol. The number of esters is 1. The van der Waals surface area contributed by atoms with Gasteiger partial charge in [-0.3, -0.25) is 9.59 Å². The number of ether oxygens (including phenoxy) is 1. The molecule has 2 aromatic carbocycles. The van der Waals surface area contributed by atoms with Crippen molar-refractivity contribution in [3.8, 4) is 17.3 Å². The number of hydrogen-bond donors (Lipinski definition) is 1. The second-order valence-corrected chi connectivity index (χ2v) is 8.51. The Kier molecular flexibility index (Phi) is 6.27. The Bertz CT molecular complexity index is 1230. The fourth-order valence-corrected chi connectivity index (χ4v) is 4.20. The highest BCUT2D eigenvalue weighted by atomic mass is 16.5. The van der Waals surface area contributed by atoms with Gasteiger partial charge < -0.3 is 9.64 Å². The number of likely N-dealkylation sites (tertiary alicyclic amines) is 1. The molecule has 1 N–H and O–H groups in total. The fourth-order valence-electron chi connectivity index (χ4n) is 4.20. The van der Waals surface area contributed by atoms with Gasteiger partial charge in [-0.15, -0.1) is 4.68 Å². The molecule has 7 heteroatoms. The summed E-state index contributed by atoms with van der Waals surface area (Å²) in [5.74, 6) is 0.00887. The van der Waals surface area contributed by atoms with Crippen molar-refractivity contribution in [2.24, 2.45) is 7.05 Å². The zero-order valence-corrected chi connectivity index (χ0v) is 19.1. The van der Waals surface area contributed by atoms with Crippen LogP contribution in [0.25, 0.3) is 11.3 Å². The summed E-state index contributed by atoms with van der Waals surface area (Å²) in [6.07, 6.45) is 2.56. The summed E-state index contributed by atoms with van der Waals surface area (Å²) in [6, 6.07) is 15.5. The molecule has 0 bridgehead atoms. The van der Waals surface area contributed by atoms with Crippen LogP contribution in [0, 0.1) is 18.3 Å². The topological polar surface area (TPSA) is 90.1 Å². The first kappa shape index (κ1) is 22.3. The van der Waals surface area contributed by atoms with Gasteiger partial charge in [0, 0.05) is 43.5 Å². The molecule has 0 unspecified atom stereocenters. The quantitative estimate of drug-likeness (QED) is 0.468. The van der Waals surface area contributed by atoms with E-state index < -0.39 is 0 Å². The number of nitriles is 1. The summed E-state index contributed by atoms with van der Waals surface area (Å²) in [7, 11) is 1.91. The maximum absolute atomic E-state index is 13.1. The first-order valence-electron chi connectivity index (χ1n) is 11.0. The smallest absolute Gasteiger partial charge is 0.302 e. The number of aryl methyl sites for hydroxylation is 2. The molecule has 1 aliphatic rings. The van der Waals surface area contributed by atoms with Gasteiger partial charge >= 0.3 is 5.97 Å². The van der Waals surface area contributed by atoms with Crippen molar-refractivity contribution in [2.75, 3.05) is 19.7 Å². The molecule has 7 nitrogen and oxygen atoms in total. The molecule has 0 spiro atoms. The number of carbonyl (C=O) groups is 2. The third kappa shape index (κ3) is 4.80. The van der Waals surface area contributed by atoms with Crippen molar-refractivity contribution in [1.29, 1.82) is 5.26 Å². The van der Waals surface area contributed by atoms with Crippen molar-refractivity contribution < 1.29 is 19.0 Å². The van der Waals surface area contributed by atoms with Gasteiger partial charge in [-0.25, -0.2) is 0 Å². The van der Waals surface area contributed by atoms with Crippen LogP contribution in [0.1, 0.15) is 45.5 Å². The van der Waals surface area contributed by atoms with E-state index in [1.54, 1.807) is 0 Å². The van der Waals surface area contributed by atoms with Gasteiger partial charge in [0.1, 0.15) is 5.69 Å². The summed E-state index contributed by atoms with van der Waals surface area (Å²) in [4.78, 5) is 26.1. The van der Waals surface area contributed by atoms with E-state index in [1.807, 2.05) is 72.2 Å². The zero-order valence-electron chi connectivity index (χ0n) is 19.1. The van der Waals surface area contributed by atoms with Gasteiger partial charge in [0.15, 0.2) is 13.2 Å². The number of rotatable bonds is 6. The standard InChI is InChI=1S/C26H26N4O3/c1-17-4-7-21(12-24(17)25-22(14-29(3)28-25)10-11-33-18(2)31)26(32)30-15-23(16-30)20-8-5-19(13-27)6-9-20/h4-9,12,14,23H,10-11,15-16H2,1-3H3/p+1. The van der Waals surface area contributed by atoms with Crippen LogP contribution in [-0.2, 0) is 23.0 Å². The largest absolute Gasteiger partial charge is 0.466 e. The van der Waals surface area contributed by atoms with E-state index in [2.05, 4.69) is 11.2 Å². The zero-order chi connectivity index (χ0) is 23.5. The first-order chi connectivity index (χ1) is 15.9. The highest BCUT2D eigenvalue weighted by molar-refractivity contribution is 5.96. The van der Waals surface area contributed by atoms with Crippen LogP contribution in [0.4, 0.5) is 0 Å². The van der Waals surface area contributed by atoms with Gasteiger partial charge in [0.05, 0.1) is 23.8 Å². The van der Waals surface area contributed by atoms with Crippen molar-refractivity contribution >= 4 is 11.9 Å². The Morgan fingerprint density at radius 3 is 2.61 bits per heavy atom. The molecule has 1 aliphatic heterocycles. The van der Waals surface area contributed by atoms with Gasteiger partial charge in [-0.05, 0) is 42.3 Å². The number of aromatic nitrogens is 2. The monoisotopic (exact) mass is 443 g/mol. The van der Waals surface area contributed by atoms with E-state index in [9.17, 15) is 9.59 Å². The molecule has 2 heterocycles. The van der Waals surface area contributed by atoms with Crippen LogP contribution < -0.4 is 4.68 Å². The lowest BCUT2D eigenvalue weighted by molar-refractivity contribution is -0.726. The number of aromatic amines is 1. The Morgan fingerprint density at radius 1 is 1.21 bits per heavy atom. The molecule has 0 radical (unpaired) electrons. The van der Waals surface area contributed by atoms with Crippen LogP contribution in [0.5, 0.6) is 0 Å². The number of H-pyrrole nitrogens is 1. The van der Waals surface area contributed by atoms with Gasteiger partial charge in [-0.1, -0.05) is 18.2 Å². The molecule has 0 aliphatic carbocycles. The summed E-state index contributed by atoms with van der Waals surface area (Å²) < 4.78 is 6.98. The van der Waals surface area contributed by atoms with Gasteiger partial charge in [0.2, 0.25) is 0 Å². The van der Waals surface area contributed by atoms with Crippen LogP contribution in [0.3, 0.4) is 0 Å². The molecule has 0 saturated carbocycles. The van der Waals surface area contributed by atoms with Crippen molar-refractivity contribution in [3.63, 3.8) is 0 Å². The number of hydrogen-bond acceptors (Lipinski definition) is 4. The third-order valence-electron chi connectivity index (χ3n) is 6.07. The van der Waals surface area contributed by atoms with E-state index in [0.717, 1.165) is 27.9 Å². The molecule has 4 rings (SSSR count). The molecule has 1 aromatic heterocycles. The van der Waals surface area contributed by atoms with Crippen molar-refractivity contribution in [2.45, 2.75) is 26.2 Å². The number of nitrogens with zero attached hydrogens (tertiary/aromatic N) is 3. The van der Waals surface area contributed by atoms with E-state index in [-0.39, 0.29) is 11.9 Å². The molecular weight excluding hydrogens is 416 g/mol. The molecule has 1 saturated heterocycles. The molecule has 1 amide bonds. The molecule has 3 aromatic rings. The summed E-state index contributed by atoms with van der Waals surface area (Å²) >= 11 is 0. The second-order valence-electron chi connectivity index (χ2n) is 8.51. The fraction of sp³-hybridized carbons (Fsp3) is 0.308. The predicted octanol–water partition coefficient (Wildman–Crippen LogP) is 3.03. The predicted molar refractivity (Wildman–Crippen MR) is 122 cm³/mol. The molecule has 168 valence electrons. The minimum Gasteiger partial charge on any atom is -0.466 e. The van der Waals surface area contributed by atoms with Crippen molar-refractivity contribution in [3.05, 3.63) is 76.5 Å².